The number of aromatic nitrogens is 2. The second-order valence-electron chi connectivity index (χ2n) is 5.45. The Balaban J connectivity index is 1.39. The van der Waals surface area contributed by atoms with Gasteiger partial charge in [-0.05, 0) is 41.6 Å². The van der Waals surface area contributed by atoms with Gasteiger partial charge in [0.2, 0.25) is 5.91 Å². The Morgan fingerprint density at radius 1 is 1.12 bits per heavy atom. The molecular formula is C18H15N3OS2. The molecule has 1 aliphatic heterocycles. The molecule has 2 aromatic heterocycles. The molecule has 0 fully saturated rings. The Bertz CT molecular complexity index is 847. The van der Waals surface area contributed by atoms with Gasteiger partial charge in [-0.15, -0.1) is 21.5 Å². The molecule has 0 atom stereocenters. The molecule has 0 radical (unpaired) electrons. The number of para-hydroxylation sites is 1. The minimum atomic E-state index is 0.120. The van der Waals surface area contributed by atoms with E-state index in [4.69, 9.17) is 0 Å². The third-order valence-electron chi connectivity index (χ3n) is 3.95. The molecule has 1 amide bonds. The lowest BCUT2D eigenvalue weighted by molar-refractivity contribution is -0.116. The van der Waals surface area contributed by atoms with Crippen molar-refractivity contribution in [2.45, 2.75) is 11.4 Å². The highest BCUT2D eigenvalue weighted by Gasteiger charge is 2.23. The van der Waals surface area contributed by atoms with Crippen LogP contribution in [0.4, 0.5) is 5.69 Å². The molecule has 24 heavy (non-hydrogen) atoms. The van der Waals surface area contributed by atoms with Crippen molar-refractivity contribution in [3.05, 3.63) is 59.5 Å². The lowest BCUT2D eigenvalue weighted by Gasteiger charge is -2.16. The summed E-state index contributed by atoms with van der Waals surface area (Å²) in [5.74, 6) is 0.496. The molecule has 120 valence electrons. The van der Waals surface area contributed by atoms with Crippen LogP contribution in [0.15, 0.2) is 58.9 Å². The number of carbonyl (C=O) groups is 1. The largest absolute Gasteiger partial charge is 0.311 e. The number of fused-ring (bicyclic) bond motifs is 1. The molecule has 3 heterocycles. The van der Waals surface area contributed by atoms with Gasteiger partial charge in [-0.2, -0.15) is 0 Å². The number of carbonyl (C=O) groups excluding carboxylic acids is 1. The van der Waals surface area contributed by atoms with Gasteiger partial charge in [0.25, 0.3) is 0 Å². The van der Waals surface area contributed by atoms with Crippen LogP contribution in [0.25, 0.3) is 10.6 Å². The Labute approximate surface area is 148 Å². The zero-order valence-corrected chi connectivity index (χ0v) is 14.5. The van der Waals surface area contributed by atoms with Gasteiger partial charge < -0.3 is 4.90 Å². The molecule has 6 heteroatoms. The first-order valence-corrected chi connectivity index (χ1v) is 9.56. The molecule has 3 aromatic rings. The minimum Gasteiger partial charge on any atom is -0.311 e. The molecular weight excluding hydrogens is 338 g/mol. The third kappa shape index (κ3) is 3.07. The quantitative estimate of drug-likeness (QED) is 0.668. The summed E-state index contributed by atoms with van der Waals surface area (Å²) in [6.07, 6.45) is 0.932. The molecule has 0 bridgehead atoms. The van der Waals surface area contributed by atoms with Crippen molar-refractivity contribution in [1.82, 2.24) is 10.2 Å². The van der Waals surface area contributed by atoms with Crippen molar-refractivity contribution in [1.29, 1.82) is 0 Å². The van der Waals surface area contributed by atoms with Crippen molar-refractivity contribution in [2.75, 3.05) is 17.2 Å². The van der Waals surface area contributed by atoms with E-state index in [1.165, 1.54) is 17.3 Å². The molecule has 0 N–H and O–H groups in total. The lowest BCUT2D eigenvalue weighted by Crippen LogP contribution is -2.30. The highest BCUT2D eigenvalue weighted by molar-refractivity contribution is 7.99. The van der Waals surface area contributed by atoms with Gasteiger partial charge in [-0.3, -0.25) is 4.79 Å². The average molecular weight is 353 g/mol. The van der Waals surface area contributed by atoms with Crippen LogP contribution in [-0.2, 0) is 11.2 Å². The molecule has 1 aliphatic rings. The summed E-state index contributed by atoms with van der Waals surface area (Å²) in [7, 11) is 0. The first-order chi connectivity index (χ1) is 11.8. The highest BCUT2D eigenvalue weighted by atomic mass is 32.2. The highest BCUT2D eigenvalue weighted by Crippen LogP contribution is 2.29. The van der Waals surface area contributed by atoms with Crippen LogP contribution >= 0.6 is 23.1 Å². The van der Waals surface area contributed by atoms with Crippen LogP contribution < -0.4 is 4.90 Å². The number of thiophene rings is 1. The predicted octanol–water partition coefficient (Wildman–Crippen LogP) is 3.89. The van der Waals surface area contributed by atoms with E-state index in [-0.39, 0.29) is 5.91 Å². The van der Waals surface area contributed by atoms with Crippen molar-refractivity contribution in [2.24, 2.45) is 0 Å². The van der Waals surface area contributed by atoms with Crippen molar-refractivity contribution in [3.63, 3.8) is 0 Å². The maximum absolute atomic E-state index is 12.5. The normalized spacial score (nSPS) is 13.1. The van der Waals surface area contributed by atoms with Crippen LogP contribution in [0.2, 0.25) is 0 Å². The van der Waals surface area contributed by atoms with Crippen LogP contribution in [0, 0.1) is 0 Å². The predicted molar refractivity (Wildman–Crippen MR) is 98.6 cm³/mol. The van der Waals surface area contributed by atoms with Gasteiger partial charge in [-0.1, -0.05) is 36.0 Å². The summed E-state index contributed by atoms with van der Waals surface area (Å²) < 4.78 is 0. The summed E-state index contributed by atoms with van der Waals surface area (Å²) in [6.45, 7) is 0.766. The lowest BCUT2D eigenvalue weighted by atomic mass is 10.2. The van der Waals surface area contributed by atoms with E-state index in [1.54, 1.807) is 11.3 Å². The minimum absolute atomic E-state index is 0.120. The number of anilines is 1. The Morgan fingerprint density at radius 3 is 2.83 bits per heavy atom. The Kier molecular flexibility index (Phi) is 4.32. The van der Waals surface area contributed by atoms with Gasteiger partial charge in [0.05, 0.1) is 10.6 Å². The maximum atomic E-state index is 12.5. The van der Waals surface area contributed by atoms with Gasteiger partial charge in [0, 0.05) is 12.2 Å². The van der Waals surface area contributed by atoms with Gasteiger partial charge in [0.1, 0.15) is 10.7 Å². The van der Waals surface area contributed by atoms with E-state index < -0.39 is 0 Å². The second-order valence-corrected chi connectivity index (χ2v) is 7.39. The molecule has 0 saturated carbocycles. The first-order valence-electron chi connectivity index (χ1n) is 7.70. The molecule has 0 unspecified atom stereocenters. The van der Waals surface area contributed by atoms with Crippen molar-refractivity contribution in [3.8, 4) is 10.6 Å². The van der Waals surface area contributed by atoms with E-state index in [0.29, 0.717) is 5.75 Å². The van der Waals surface area contributed by atoms with Crippen LogP contribution in [0.1, 0.15) is 5.56 Å². The van der Waals surface area contributed by atoms with E-state index in [1.807, 2.05) is 52.7 Å². The van der Waals surface area contributed by atoms with Crippen LogP contribution in [0.3, 0.4) is 0 Å². The molecule has 1 aromatic carbocycles. The number of thioether (sulfide) groups is 1. The average Bonchev–Trinajstić information content (AvgIpc) is 3.30. The summed E-state index contributed by atoms with van der Waals surface area (Å²) in [6, 6.07) is 16.0. The van der Waals surface area contributed by atoms with Crippen LogP contribution in [-0.4, -0.2) is 28.4 Å². The van der Waals surface area contributed by atoms with Crippen molar-refractivity contribution >= 4 is 34.7 Å². The molecule has 0 aliphatic carbocycles. The number of nitrogens with zero attached hydrogens (tertiary/aromatic N) is 3. The number of hydrogen-bond donors (Lipinski definition) is 0. The number of amides is 1. The number of hydrogen-bond acceptors (Lipinski definition) is 5. The summed E-state index contributed by atoms with van der Waals surface area (Å²) in [4.78, 5) is 15.5. The number of rotatable bonds is 4. The fourth-order valence-corrected chi connectivity index (χ4v) is 4.14. The fraction of sp³-hybridized carbons (Fsp3) is 0.167. The second kappa shape index (κ2) is 6.75. The third-order valence-corrected chi connectivity index (χ3v) is 5.74. The van der Waals surface area contributed by atoms with Gasteiger partial charge in [0.15, 0.2) is 0 Å². The van der Waals surface area contributed by atoms with E-state index in [0.717, 1.165) is 34.2 Å². The van der Waals surface area contributed by atoms with Crippen molar-refractivity contribution < 1.29 is 4.79 Å². The Morgan fingerprint density at radius 2 is 2.04 bits per heavy atom. The first kappa shape index (κ1) is 15.4. The van der Waals surface area contributed by atoms with E-state index in [2.05, 4.69) is 16.3 Å². The summed E-state index contributed by atoms with van der Waals surface area (Å²) >= 11 is 3.07. The zero-order valence-electron chi connectivity index (χ0n) is 12.9. The molecule has 4 nitrogen and oxygen atoms in total. The van der Waals surface area contributed by atoms with Gasteiger partial charge in [-0.25, -0.2) is 0 Å². The fourth-order valence-electron chi connectivity index (χ4n) is 2.76. The molecule has 0 saturated heterocycles. The standard InChI is InChI=1S/C18H15N3OS2/c22-18(21-10-9-13-4-1-2-5-15(13)21)12-24-17-8-7-14(19-20-17)16-6-3-11-23-16/h1-8,11H,9-10,12H2. The SMILES string of the molecule is O=C(CSc1ccc(-c2cccs2)nn1)N1CCc2ccccc21. The van der Waals surface area contributed by atoms with E-state index in [9.17, 15) is 4.79 Å². The maximum Gasteiger partial charge on any atom is 0.237 e. The summed E-state index contributed by atoms with van der Waals surface area (Å²) in [5.41, 5.74) is 3.16. The Hall–Kier alpha value is -2.18. The number of benzene rings is 1. The van der Waals surface area contributed by atoms with Gasteiger partial charge >= 0.3 is 0 Å². The monoisotopic (exact) mass is 353 g/mol. The van der Waals surface area contributed by atoms with Crippen LogP contribution in [0.5, 0.6) is 0 Å². The van der Waals surface area contributed by atoms with E-state index >= 15 is 0 Å². The molecule has 0 spiro atoms. The molecule has 4 rings (SSSR count). The topological polar surface area (TPSA) is 46.1 Å². The zero-order chi connectivity index (χ0) is 16.4. The smallest absolute Gasteiger partial charge is 0.237 e. The summed E-state index contributed by atoms with van der Waals surface area (Å²) in [5, 5.41) is 11.3.